The molecule has 0 aromatic carbocycles. The number of hydrogen-bond acceptors (Lipinski definition) is 4. The van der Waals surface area contributed by atoms with E-state index >= 15 is 0 Å². The highest BCUT2D eigenvalue weighted by Crippen LogP contribution is 2.65. The molecule has 5 atom stereocenters. The maximum Gasteiger partial charge on any atom is 0.161 e. The molecule has 0 unspecified atom stereocenters. The fourth-order valence-corrected chi connectivity index (χ4v) is 5.54. The van der Waals surface area contributed by atoms with Gasteiger partial charge in [-0.3, -0.25) is 0 Å². The second-order valence-electron chi connectivity index (χ2n) is 7.24. The summed E-state index contributed by atoms with van der Waals surface area (Å²) >= 11 is 0. The molecule has 5 heteroatoms. The second-order valence-corrected chi connectivity index (χ2v) is 7.24. The van der Waals surface area contributed by atoms with Crippen LogP contribution in [0.1, 0.15) is 25.7 Å². The predicted octanol–water partition coefficient (Wildman–Crippen LogP) is 2.50. The van der Waals surface area contributed by atoms with Crippen LogP contribution in [0.4, 0.5) is 0 Å². The van der Waals surface area contributed by atoms with E-state index < -0.39 is 6.10 Å². The maximum absolute atomic E-state index is 10.5. The molecule has 0 radical (unpaired) electrons. The van der Waals surface area contributed by atoms with Crippen molar-refractivity contribution in [1.82, 2.24) is 4.90 Å². The van der Waals surface area contributed by atoms with Crippen LogP contribution >= 0.6 is 24.0 Å². The van der Waals surface area contributed by atoms with Gasteiger partial charge in [0, 0.05) is 29.4 Å². The molecule has 120 valence electrons. The van der Waals surface area contributed by atoms with Crippen LogP contribution in [-0.4, -0.2) is 47.0 Å². The van der Waals surface area contributed by atoms with Crippen LogP contribution in [0.3, 0.4) is 0 Å². The molecule has 1 spiro atoms. The number of allylic oxidation sites excluding steroid dienone is 2. The van der Waals surface area contributed by atoms with E-state index in [-0.39, 0.29) is 35.5 Å². The highest BCUT2D eigenvalue weighted by Gasteiger charge is 2.65. The van der Waals surface area contributed by atoms with Crippen molar-refractivity contribution >= 4 is 24.0 Å². The first-order valence-corrected chi connectivity index (χ1v) is 8.01. The molecule has 5 aliphatic rings. The van der Waals surface area contributed by atoms with Gasteiger partial charge in [-0.15, -0.1) is 24.0 Å². The quantitative estimate of drug-likeness (QED) is 0.472. The van der Waals surface area contributed by atoms with Gasteiger partial charge in [-0.25, -0.2) is 0 Å². The lowest BCUT2D eigenvalue weighted by Gasteiger charge is -2.56. The highest BCUT2D eigenvalue weighted by molar-refractivity contribution is 14.0. The summed E-state index contributed by atoms with van der Waals surface area (Å²) in [4.78, 5) is 2.47. The Hall–Kier alpha value is -0.530. The van der Waals surface area contributed by atoms with Crippen molar-refractivity contribution in [3.63, 3.8) is 0 Å². The Morgan fingerprint density at radius 1 is 1.32 bits per heavy atom. The summed E-state index contributed by atoms with van der Waals surface area (Å²) in [6, 6.07) is 0.506. The fraction of sp³-hybridized carbons (Fsp3) is 0.647. The van der Waals surface area contributed by atoms with Crippen molar-refractivity contribution < 1.29 is 14.9 Å². The van der Waals surface area contributed by atoms with Gasteiger partial charge in [-0.05, 0) is 32.9 Å². The van der Waals surface area contributed by atoms with Gasteiger partial charge in [0.1, 0.15) is 18.0 Å². The Kier molecular flexibility index (Phi) is 3.24. The molecule has 0 amide bonds. The van der Waals surface area contributed by atoms with Gasteiger partial charge in [0.25, 0.3) is 0 Å². The van der Waals surface area contributed by atoms with Gasteiger partial charge in [0.2, 0.25) is 0 Å². The molecular weight excluding hydrogens is 393 g/mol. The third kappa shape index (κ3) is 1.55. The second kappa shape index (κ2) is 4.74. The van der Waals surface area contributed by atoms with Crippen LogP contribution in [0.2, 0.25) is 0 Å². The Morgan fingerprint density at radius 3 is 2.95 bits per heavy atom. The smallest absolute Gasteiger partial charge is 0.161 e. The van der Waals surface area contributed by atoms with Gasteiger partial charge in [-0.2, -0.15) is 0 Å². The number of aliphatic hydroxyl groups excluding tert-OH is 2. The maximum atomic E-state index is 10.5. The van der Waals surface area contributed by atoms with Gasteiger partial charge < -0.3 is 19.8 Å². The summed E-state index contributed by atoms with van der Waals surface area (Å²) < 4.78 is 6.14. The van der Waals surface area contributed by atoms with Gasteiger partial charge in [0.05, 0.1) is 0 Å². The van der Waals surface area contributed by atoms with Crippen molar-refractivity contribution in [3.8, 4) is 0 Å². The lowest BCUT2D eigenvalue weighted by atomic mass is 9.52. The van der Waals surface area contributed by atoms with E-state index in [2.05, 4.69) is 18.0 Å². The van der Waals surface area contributed by atoms with Gasteiger partial charge in [-0.1, -0.05) is 17.7 Å². The monoisotopic (exact) mass is 415 g/mol. The van der Waals surface area contributed by atoms with E-state index in [0.29, 0.717) is 29.9 Å². The third-order valence-corrected chi connectivity index (χ3v) is 6.46. The predicted molar refractivity (Wildman–Crippen MR) is 92.9 cm³/mol. The normalized spacial score (nSPS) is 45.4. The summed E-state index contributed by atoms with van der Waals surface area (Å²) in [5.74, 6) is 1.49. The number of nitrogens with zero attached hydrogens (tertiary/aromatic N) is 1. The molecular formula is C17H22INO3. The average molecular weight is 415 g/mol. The molecule has 2 N–H and O–H groups in total. The van der Waals surface area contributed by atoms with Crippen LogP contribution in [0, 0.1) is 11.3 Å². The highest BCUT2D eigenvalue weighted by atomic mass is 127. The first-order chi connectivity index (χ1) is 10.1. The van der Waals surface area contributed by atoms with Gasteiger partial charge >= 0.3 is 0 Å². The number of halogens is 1. The van der Waals surface area contributed by atoms with E-state index in [1.807, 2.05) is 6.08 Å². The zero-order valence-corrected chi connectivity index (χ0v) is 15.0. The van der Waals surface area contributed by atoms with Crippen LogP contribution in [0.25, 0.3) is 0 Å². The molecule has 4 nitrogen and oxygen atoms in total. The van der Waals surface area contributed by atoms with E-state index in [1.54, 1.807) is 0 Å². The zero-order valence-electron chi connectivity index (χ0n) is 12.7. The minimum absolute atomic E-state index is 0. The largest absolute Gasteiger partial charge is 0.508 e. The minimum atomic E-state index is -0.567. The summed E-state index contributed by atoms with van der Waals surface area (Å²) in [7, 11) is 2.21. The first kappa shape index (κ1) is 15.0. The average Bonchev–Trinajstić information content (AvgIpc) is 2.83. The van der Waals surface area contributed by atoms with Crippen LogP contribution in [0.5, 0.6) is 0 Å². The Balaban J connectivity index is 0.00000125. The molecule has 2 fully saturated rings. The van der Waals surface area contributed by atoms with Crippen LogP contribution in [0.15, 0.2) is 34.8 Å². The fourth-order valence-electron chi connectivity index (χ4n) is 5.54. The van der Waals surface area contributed by atoms with Crippen LogP contribution in [-0.2, 0) is 4.74 Å². The number of hydrogen-bond donors (Lipinski definition) is 2. The first-order valence-electron chi connectivity index (χ1n) is 8.01. The zero-order chi connectivity index (χ0) is 14.4. The van der Waals surface area contributed by atoms with E-state index in [9.17, 15) is 10.2 Å². The topological polar surface area (TPSA) is 52.9 Å². The van der Waals surface area contributed by atoms with E-state index in [4.69, 9.17) is 4.74 Å². The number of ether oxygens (including phenoxy) is 1. The number of rotatable bonds is 0. The summed E-state index contributed by atoms with van der Waals surface area (Å²) in [6.45, 7) is 1.03. The Morgan fingerprint density at radius 2 is 2.14 bits per heavy atom. The lowest BCUT2D eigenvalue weighted by Crippen LogP contribution is -2.61. The number of piperidine rings is 1. The van der Waals surface area contributed by atoms with Crippen molar-refractivity contribution in [2.45, 2.75) is 43.9 Å². The molecule has 5 rings (SSSR count). The third-order valence-electron chi connectivity index (χ3n) is 6.46. The minimum Gasteiger partial charge on any atom is -0.508 e. The molecule has 2 aliphatic heterocycles. The Labute approximate surface area is 147 Å². The molecule has 2 heterocycles. The number of likely N-dealkylation sites (tertiary alicyclic amines) is 1. The van der Waals surface area contributed by atoms with Gasteiger partial charge in [0.15, 0.2) is 5.76 Å². The van der Waals surface area contributed by atoms with Crippen LogP contribution < -0.4 is 0 Å². The molecule has 0 saturated carbocycles. The van der Waals surface area contributed by atoms with E-state index in [0.717, 1.165) is 25.8 Å². The molecule has 2 bridgehead atoms. The van der Waals surface area contributed by atoms with E-state index in [1.165, 1.54) is 11.1 Å². The molecule has 2 saturated heterocycles. The lowest BCUT2D eigenvalue weighted by molar-refractivity contribution is -0.0798. The van der Waals surface area contributed by atoms with Crippen molar-refractivity contribution in [3.05, 3.63) is 34.8 Å². The summed E-state index contributed by atoms with van der Waals surface area (Å²) in [6.07, 6.45) is 7.04. The summed E-state index contributed by atoms with van der Waals surface area (Å²) in [5.41, 5.74) is 2.61. The standard InChI is InChI=1S/C17H21NO3.HI/c1-18-7-6-17-10-3-5-13(20)16(17)21-15-12(19)4-2-9(14(15)17)8-11(10)18;/h3,5,10-11,13,16,19-20H,2,4,6-8H2,1H3;1H/t10-,11+,13-,16-,17-;/m0./s1. The van der Waals surface area contributed by atoms with Crippen molar-refractivity contribution in [1.29, 1.82) is 0 Å². The molecule has 22 heavy (non-hydrogen) atoms. The summed E-state index contributed by atoms with van der Waals surface area (Å²) in [5, 5.41) is 20.8. The SMILES string of the molecule is CN1CC[C@]23C4=C5CCC(O)=C4O[C@H]2[C@@H](O)C=C[C@H]3[C@H]1C5.I. The molecule has 0 aromatic rings. The number of aliphatic hydroxyl groups is 2. The Bertz CT molecular complexity index is 625. The van der Waals surface area contributed by atoms with Crippen molar-refractivity contribution in [2.24, 2.45) is 11.3 Å². The van der Waals surface area contributed by atoms with Crippen molar-refractivity contribution in [2.75, 3.05) is 13.6 Å². The molecule has 0 aromatic heterocycles. The molecule has 3 aliphatic carbocycles.